The maximum absolute atomic E-state index is 10.6. The molecule has 1 aliphatic rings. The quantitative estimate of drug-likeness (QED) is 0.443. The van der Waals surface area contributed by atoms with Gasteiger partial charge < -0.3 is 10.6 Å². The van der Waals surface area contributed by atoms with Crippen molar-refractivity contribution in [3.8, 4) is 0 Å². The highest BCUT2D eigenvalue weighted by atomic mass is 16.2. The Balaban J connectivity index is 2.58. The van der Waals surface area contributed by atoms with Crippen molar-refractivity contribution < 1.29 is 9.59 Å². The van der Waals surface area contributed by atoms with E-state index in [9.17, 15) is 9.59 Å². The maximum Gasteiger partial charge on any atom is 0.244 e. The van der Waals surface area contributed by atoms with E-state index in [4.69, 9.17) is 0 Å². The van der Waals surface area contributed by atoms with Gasteiger partial charge in [0.1, 0.15) is 0 Å². The van der Waals surface area contributed by atoms with Crippen molar-refractivity contribution in [2.45, 2.75) is 0 Å². The third kappa shape index (κ3) is 1.89. The Kier molecular flexibility index (Phi) is 2.04. The number of nitrogens with one attached hydrogen (secondary N) is 2. The summed E-state index contributed by atoms with van der Waals surface area (Å²) < 4.78 is 0. The van der Waals surface area contributed by atoms with Crippen LogP contribution in [0.1, 0.15) is 0 Å². The monoisotopic (exact) mass is 140 g/mol. The lowest BCUT2D eigenvalue weighted by atomic mass is 10.4. The number of rotatable bonds is 0. The van der Waals surface area contributed by atoms with Gasteiger partial charge >= 0.3 is 0 Å². The van der Waals surface area contributed by atoms with Crippen LogP contribution < -0.4 is 10.6 Å². The molecule has 0 aromatic carbocycles. The summed E-state index contributed by atoms with van der Waals surface area (Å²) in [5.74, 6) is -0.426. The second kappa shape index (κ2) is 3.00. The van der Waals surface area contributed by atoms with Crippen LogP contribution in [0.5, 0.6) is 0 Å². The van der Waals surface area contributed by atoms with Crippen molar-refractivity contribution in [3.05, 3.63) is 12.2 Å². The Labute approximate surface area is 58.3 Å². The fourth-order valence-electron chi connectivity index (χ4n) is 0.641. The lowest BCUT2D eigenvalue weighted by Crippen LogP contribution is -2.35. The molecule has 0 saturated heterocycles. The summed E-state index contributed by atoms with van der Waals surface area (Å²) in [6.45, 7) is 0.990. The van der Waals surface area contributed by atoms with E-state index in [0.717, 1.165) is 0 Å². The van der Waals surface area contributed by atoms with Gasteiger partial charge in [-0.2, -0.15) is 0 Å². The molecule has 0 bridgehead atoms. The van der Waals surface area contributed by atoms with Gasteiger partial charge in [0.05, 0.1) is 0 Å². The zero-order valence-corrected chi connectivity index (χ0v) is 5.39. The van der Waals surface area contributed by atoms with E-state index in [0.29, 0.717) is 13.1 Å². The first-order valence-electron chi connectivity index (χ1n) is 3.03. The molecule has 0 aliphatic carbocycles. The van der Waals surface area contributed by atoms with Crippen LogP contribution in [-0.2, 0) is 9.59 Å². The van der Waals surface area contributed by atoms with E-state index in [-0.39, 0.29) is 11.8 Å². The van der Waals surface area contributed by atoms with Crippen molar-refractivity contribution in [2.24, 2.45) is 0 Å². The Morgan fingerprint density at radius 2 is 1.40 bits per heavy atom. The lowest BCUT2D eigenvalue weighted by Gasteiger charge is -2.05. The minimum atomic E-state index is -0.213. The van der Waals surface area contributed by atoms with Crippen LogP contribution in [0.2, 0.25) is 0 Å². The molecule has 10 heavy (non-hydrogen) atoms. The summed E-state index contributed by atoms with van der Waals surface area (Å²) in [5.41, 5.74) is 0. The Bertz CT molecular complexity index is 166. The van der Waals surface area contributed by atoms with Gasteiger partial charge in [-0.15, -0.1) is 0 Å². The SMILES string of the molecule is O=C1/C=C\C(=O)NCCN1. The summed E-state index contributed by atoms with van der Waals surface area (Å²) in [7, 11) is 0. The van der Waals surface area contributed by atoms with Crippen LogP contribution in [0.4, 0.5) is 0 Å². The van der Waals surface area contributed by atoms with Gasteiger partial charge in [0.25, 0.3) is 0 Å². The van der Waals surface area contributed by atoms with Crippen molar-refractivity contribution in [1.82, 2.24) is 10.6 Å². The molecule has 1 rings (SSSR count). The maximum atomic E-state index is 10.6. The predicted molar refractivity (Wildman–Crippen MR) is 35.2 cm³/mol. The van der Waals surface area contributed by atoms with E-state index >= 15 is 0 Å². The smallest absolute Gasteiger partial charge is 0.244 e. The van der Waals surface area contributed by atoms with Crippen molar-refractivity contribution >= 4 is 11.8 Å². The van der Waals surface area contributed by atoms with Crippen LogP contribution in [0, 0.1) is 0 Å². The number of carbonyl (C=O) groups is 2. The molecule has 0 fully saturated rings. The van der Waals surface area contributed by atoms with Crippen molar-refractivity contribution in [3.63, 3.8) is 0 Å². The first-order valence-corrected chi connectivity index (χ1v) is 3.03. The molecule has 54 valence electrons. The van der Waals surface area contributed by atoms with Gasteiger partial charge in [-0.3, -0.25) is 9.59 Å². The molecule has 1 aliphatic heterocycles. The van der Waals surface area contributed by atoms with E-state index in [1.165, 1.54) is 12.2 Å². The fraction of sp³-hybridized carbons (Fsp3) is 0.333. The molecule has 0 radical (unpaired) electrons. The Morgan fingerprint density at radius 3 is 1.80 bits per heavy atom. The molecule has 2 amide bonds. The van der Waals surface area contributed by atoms with Gasteiger partial charge in [0, 0.05) is 25.2 Å². The number of amides is 2. The average Bonchev–Trinajstić information content (AvgIpc) is 1.90. The van der Waals surface area contributed by atoms with E-state index < -0.39 is 0 Å². The fourth-order valence-corrected chi connectivity index (χ4v) is 0.641. The summed E-state index contributed by atoms with van der Waals surface area (Å²) >= 11 is 0. The zero-order valence-electron chi connectivity index (χ0n) is 5.39. The molecule has 1 heterocycles. The van der Waals surface area contributed by atoms with E-state index in [1.807, 2.05) is 0 Å². The second-order valence-corrected chi connectivity index (χ2v) is 1.92. The van der Waals surface area contributed by atoms with Gasteiger partial charge in [0.15, 0.2) is 0 Å². The summed E-state index contributed by atoms with van der Waals surface area (Å²) in [6, 6.07) is 0. The van der Waals surface area contributed by atoms with Gasteiger partial charge in [-0.25, -0.2) is 0 Å². The summed E-state index contributed by atoms with van der Waals surface area (Å²) in [6.07, 6.45) is 2.43. The standard InChI is InChI=1S/C6H8N2O2/c9-5-1-2-6(10)8-4-3-7-5/h1-2H,3-4H2,(H,7,9)(H,8,10)/b2-1-. The average molecular weight is 140 g/mol. The second-order valence-electron chi connectivity index (χ2n) is 1.92. The molecule has 0 aromatic heterocycles. The molecule has 0 atom stereocenters. The largest absolute Gasteiger partial charge is 0.351 e. The molecular weight excluding hydrogens is 132 g/mol. The molecule has 0 unspecified atom stereocenters. The normalized spacial score (nSPS) is 22.0. The van der Waals surface area contributed by atoms with Gasteiger partial charge in [-0.05, 0) is 0 Å². The van der Waals surface area contributed by atoms with Crippen LogP contribution in [0.3, 0.4) is 0 Å². The molecule has 0 aromatic rings. The van der Waals surface area contributed by atoms with Crippen LogP contribution in [0.25, 0.3) is 0 Å². The topological polar surface area (TPSA) is 58.2 Å². The number of carbonyl (C=O) groups excluding carboxylic acids is 2. The summed E-state index contributed by atoms with van der Waals surface area (Å²) in [4.78, 5) is 21.2. The van der Waals surface area contributed by atoms with E-state index in [2.05, 4.69) is 10.6 Å². The predicted octanol–water partition coefficient (Wildman–Crippen LogP) is -1.21. The minimum absolute atomic E-state index is 0.213. The third-order valence-corrected chi connectivity index (χ3v) is 1.11. The van der Waals surface area contributed by atoms with Gasteiger partial charge in [0.2, 0.25) is 11.8 Å². The first kappa shape index (κ1) is 6.80. The lowest BCUT2D eigenvalue weighted by molar-refractivity contribution is -0.119. The molecule has 0 saturated carbocycles. The highest BCUT2D eigenvalue weighted by Crippen LogP contribution is 1.78. The van der Waals surface area contributed by atoms with Crippen molar-refractivity contribution in [1.29, 1.82) is 0 Å². The molecule has 0 spiro atoms. The molecular formula is C6H8N2O2. The van der Waals surface area contributed by atoms with E-state index in [1.54, 1.807) is 0 Å². The Morgan fingerprint density at radius 1 is 1.00 bits per heavy atom. The highest BCUT2D eigenvalue weighted by molar-refractivity contribution is 5.97. The zero-order chi connectivity index (χ0) is 7.40. The van der Waals surface area contributed by atoms with Crippen molar-refractivity contribution in [2.75, 3.05) is 13.1 Å². The number of hydrogen-bond acceptors (Lipinski definition) is 2. The van der Waals surface area contributed by atoms with Crippen LogP contribution in [-0.4, -0.2) is 24.9 Å². The first-order chi connectivity index (χ1) is 4.79. The Hall–Kier alpha value is -1.32. The third-order valence-electron chi connectivity index (χ3n) is 1.11. The van der Waals surface area contributed by atoms with Crippen LogP contribution in [0.15, 0.2) is 12.2 Å². The summed E-state index contributed by atoms with van der Waals surface area (Å²) in [5, 5.41) is 5.13. The molecule has 4 nitrogen and oxygen atoms in total. The minimum Gasteiger partial charge on any atom is -0.351 e. The highest BCUT2D eigenvalue weighted by Gasteiger charge is 2.01. The van der Waals surface area contributed by atoms with Gasteiger partial charge in [-0.1, -0.05) is 0 Å². The number of hydrogen-bond donors (Lipinski definition) is 2. The van der Waals surface area contributed by atoms with Crippen LogP contribution >= 0.6 is 0 Å². The molecule has 4 heteroatoms. The molecule has 2 N–H and O–H groups in total.